The smallest absolute Gasteiger partial charge is 0.312 e. The zero-order chi connectivity index (χ0) is 48.5. The van der Waals surface area contributed by atoms with Gasteiger partial charge in [-0.15, -0.1) is 0 Å². The number of esters is 1. The van der Waals surface area contributed by atoms with Crippen molar-refractivity contribution in [1.82, 2.24) is 0 Å². The van der Waals surface area contributed by atoms with Crippen LogP contribution in [0.3, 0.4) is 0 Å². The number of hydrogen-bond acceptors (Lipinski definition) is 5. The van der Waals surface area contributed by atoms with Gasteiger partial charge in [-0.2, -0.15) is 5.26 Å². The first-order valence-corrected chi connectivity index (χ1v) is 11.8. The number of allylic oxidation sites excluding steroid dienone is 4. The van der Waals surface area contributed by atoms with Crippen LogP contribution < -0.4 is 0 Å². The molecule has 0 radical (unpaired) electrons. The molecule has 0 spiro atoms. The minimum Gasteiger partial charge on any atom is -0.469 e. The molecule has 0 aromatic rings. The highest BCUT2D eigenvalue weighted by Gasteiger charge is 2.71. The fourth-order valence-corrected chi connectivity index (χ4v) is 7.34. The predicted octanol–water partition coefficient (Wildman–Crippen LogP) is 6.38. The van der Waals surface area contributed by atoms with Crippen LogP contribution in [0.1, 0.15) is 127 Å². The molecule has 200 valence electrons. The summed E-state index contributed by atoms with van der Waals surface area (Å²) in [5.41, 5.74) is -24.0. The van der Waals surface area contributed by atoms with Crippen LogP contribution in [0.15, 0.2) is 23.3 Å². The number of Topliss-reactive ketones (excluding diaryl/α,β-unsaturated/α-hetero) is 1. The number of nitrogens with zero attached hydrogens (tertiary/aromatic N) is 1. The van der Waals surface area contributed by atoms with Crippen LogP contribution in [0, 0.1) is 61.6 Å². The molecule has 0 unspecified atom stereocenters. The number of nitriles is 1. The lowest BCUT2D eigenvalue weighted by molar-refractivity contribution is -0.191. The van der Waals surface area contributed by atoms with Crippen LogP contribution >= 0.6 is 0 Å². The Bertz CT molecular complexity index is 2030. The van der Waals surface area contributed by atoms with E-state index in [9.17, 15) is 28.6 Å². The molecule has 0 aromatic carbocycles. The van der Waals surface area contributed by atoms with Crippen molar-refractivity contribution in [3.05, 3.63) is 23.3 Å². The van der Waals surface area contributed by atoms with Crippen LogP contribution in [0.4, 0.5) is 0 Å². The van der Waals surface area contributed by atoms with Crippen molar-refractivity contribution in [2.75, 3.05) is 7.11 Å². The molecule has 5 nitrogen and oxygen atoms in total. The highest BCUT2D eigenvalue weighted by molar-refractivity contribution is 6.04. The Balaban J connectivity index is 2.15. The lowest BCUT2D eigenvalue weighted by atomic mass is 9.34. The van der Waals surface area contributed by atoms with Crippen molar-refractivity contribution < 1.29 is 53.4 Å². The first kappa shape index (κ1) is 9.76. The minimum atomic E-state index is -4.08. The third-order valence-corrected chi connectivity index (χ3v) is 9.17. The van der Waals surface area contributed by atoms with E-state index in [1.807, 2.05) is 0 Å². The van der Waals surface area contributed by atoms with Gasteiger partial charge in [-0.3, -0.25) is 14.4 Å². The Hall–Kier alpha value is -2.22. The van der Waals surface area contributed by atoms with Crippen molar-refractivity contribution in [1.29, 1.82) is 5.26 Å². The van der Waals surface area contributed by atoms with Gasteiger partial charge in [0.1, 0.15) is 6.07 Å². The maximum Gasteiger partial charge on any atom is 0.312 e. The molecule has 5 rings (SSSR count). The molecule has 0 aromatic heterocycles. The molecule has 5 heteroatoms. The number of ether oxygens (including phenoxy) is 1. The molecule has 7 atom stereocenters. The third-order valence-electron chi connectivity index (χ3n) is 9.17. The number of ketones is 2. The Morgan fingerprint density at radius 3 is 2.54 bits per heavy atom. The molecule has 0 heterocycles. The second kappa shape index (κ2) is 7.67. The topological polar surface area (TPSA) is 84.2 Å². The average molecular weight is 531 g/mol. The van der Waals surface area contributed by atoms with E-state index < -0.39 is 172 Å². The van der Waals surface area contributed by atoms with Crippen molar-refractivity contribution in [2.24, 2.45) is 50.2 Å². The summed E-state index contributed by atoms with van der Waals surface area (Å²) < 4.78 is 227. The van der Waals surface area contributed by atoms with Gasteiger partial charge in [0.25, 0.3) is 0 Å². The van der Waals surface area contributed by atoms with Gasteiger partial charge in [0.05, 0.1) is 18.1 Å². The average Bonchev–Trinajstić information content (AvgIpc) is 3.04. The Morgan fingerprint density at radius 2 is 1.92 bits per heavy atom. The summed E-state index contributed by atoms with van der Waals surface area (Å²) in [5, 5.41) is 10.3. The van der Waals surface area contributed by atoms with Crippen molar-refractivity contribution in [3.8, 4) is 6.07 Å². The normalized spacial score (nSPS) is 60.8. The predicted molar refractivity (Wildman–Crippen MR) is 141 cm³/mol. The molecule has 3 saturated carbocycles. The van der Waals surface area contributed by atoms with Crippen LogP contribution in [-0.4, -0.2) is 24.6 Å². The van der Waals surface area contributed by atoms with E-state index in [4.69, 9.17) is 25.3 Å². The maximum absolute atomic E-state index is 15.4. The van der Waals surface area contributed by atoms with Crippen LogP contribution in [0.25, 0.3) is 0 Å². The summed E-state index contributed by atoms with van der Waals surface area (Å²) in [6.07, 6.45) is -14.0. The van der Waals surface area contributed by atoms with Crippen LogP contribution in [0.5, 0.6) is 0 Å². The van der Waals surface area contributed by atoms with E-state index in [1.165, 1.54) is 6.07 Å². The largest absolute Gasteiger partial charge is 0.469 e. The zero-order valence-electron chi connectivity index (χ0n) is 45.0. The number of fused-ring (bicyclic) bond motifs is 7. The van der Waals surface area contributed by atoms with E-state index in [-0.39, 0.29) is 6.08 Å². The van der Waals surface area contributed by atoms with Gasteiger partial charge in [-0.25, -0.2) is 0 Å². The zero-order valence-corrected chi connectivity index (χ0v) is 20.0. The van der Waals surface area contributed by atoms with E-state index in [1.54, 1.807) is 0 Å². The molecule has 0 aliphatic heterocycles. The first-order chi connectivity index (χ1) is 27.3. The standard InChI is InChI=1S/C32H43NO4/c1-27(2)11-13-32(26(36)37-8)14-12-31(7)24(20(32)17-27)21(34)15-23-29(5)16-19(18-33)25(35)28(3,4)22(29)9-10-30(23,31)6/h15-16,20,22,24H,9-14,17H2,1-8H3/t20-,22-,24-,29-,30+,31+,32-/m0/s1/i1D3,2D3,3D3,4D3,5D3,6D3,7D3,13D2,17D2. The molecule has 37 heavy (non-hydrogen) atoms. The summed E-state index contributed by atoms with van der Waals surface area (Å²) in [5.74, 6) is -14.0. The second-order valence-corrected chi connectivity index (χ2v) is 10.9. The molecule has 0 amide bonds. The Kier molecular flexibility index (Phi) is 2.02. The number of carbonyl (C=O) groups is 3. The quantitative estimate of drug-likeness (QED) is 0.367. The molecular formula is C32H43NO4. The number of hydrogen-bond donors (Lipinski definition) is 0. The van der Waals surface area contributed by atoms with Crippen LogP contribution in [-0.2, 0) is 19.1 Å². The SMILES string of the molecule is [2H]C([2H])([2H])C1(C([2H])([2H])[2H])C(=O)C(C#N)=C[C@]2(C([2H])([2H])[2H])C3=CC(=O)[C@@H]4[C@@H]5C([2H])([2H])C(C([2H])([2H])[2H])(C([2H])([2H])[2H])CC([2H])([2H])[C@]5(C(=O)OC)CC[C@@]4(C([2H])([2H])[2H])[C@]3(C([2H])([2H])[2H])CC[C@@H]12. The summed E-state index contributed by atoms with van der Waals surface area (Å²) in [6, 6.07) is 1.30. The lowest BCUT2D eigenvalue weighted by Gasteiger charge is -2.68. The van der Waals surface area contributed by atoms with Gasteiger partial charge in [0, 0.05) is 51.0 Å². The van der Waals surface area contributed by atoms with Crippen molar-refractivity contribution in [2.45, 2.75) is 92.8 Å². The second-order valence-electron chi connectivity index (χ2n) is 10.9. The van der Waals surface area contributed by atoms with Gasteiger partial charge in [-0.05, 0) is 79.0 Å². The fourth-order valence-electron chi connectivity index (χ4n) is 7.34. The molecule has 3 fully saturated rings. The Morgan fingerprint density at radius 1 is 1.11 bits per heavy atom. The number of rotatable bonds is 1. The molecular weight excluding hydrogens is 462 g/mol. The molecule has 0 saturated heterocycles. The van der Waals surface area contributed by atoms with Gasteiger partial charge in [0.15, 0.2) is 11.6 Å². The highest BCUT2D eigenvalue weighted by atomic mass is 16.5. The first-order valence-electron chi connectivity index (χ1n) is 24.3. The monoisotopic (exact) mass is 530 g/mol. The fraction of sp³-hybridized carbons (Fsp3) is 0.750. The van der Waals surface area contributed by atoms with Crippen molar-refractivity contribution in [3.63, 3.8) is 0 Å². The molecule has 5 aliphatic carbocycles. The number of methoxy groups -OCH3 is 1. The molecule has 0 bridgehead atoms. The summed E-state index contributed by atoms with van der Waals surface area (Å²) >= 11 is 0. The Labute approximate surface area is 257 Å². The lowest BCUT2D eigenvalue weighted by Crippen LogP contribution is -2.65. The summed E-state index contributed by atoms with van der Waals surface area (Å²) in [6.45, 7) is -28.1. The minimum absolute atomic E-state index is 0.199. The summed E-state index contributed by atoms with van der Waals surface area (Å²) in [7, 11) is 0.693. The highest BCUT2D eigenvalue weighted by Crippen LogP contribution is 2.74. The third kappa shape index (κ3) is 3.11. The van der Waals surface area contributed by atoms with E-state index >= 15 is 4.79 Å². The molecule has 0 N–H and O–H groups in total. The molecule has 5 aliphatic rings. The van der Waals surface area contributed by atoms with E-state index in [2.05, 4.69) is 0 Å². The van der Waals surface area contributed by atoms with Gasteiger partial charge in [-0.1, -0.05) is 59.6 Å². The van der Waals surface area contributed by atoms with Crippen LogP contribution in [0.2, 0.25) is 0 Å². The van der Waals surface area contributed by atoms with E-state index in [0.29, 0.717) is 13.2 Å². The van der Waals surface area contributed by atoms with Gasteiger partial charge in [0.2, 0.25) is 0 Å². The maximum atomic E-state index is 15.4. The summed E-state index contributed by atoms with van der Waals surface area (Å²) in [4.78, 5) is 43.9. The van der Waals surface area contributed by atoms with E-state index in [0.717, 1.165) is 0 Å². The number of carbonyl (C=O) groups excluding carboxylic acids is 3. The van der Waals surface area contributed by atoms with Gasteiger partial charge >= 0.3 is 5.97 Å². The van der Waals surface area contributed by atoms with Gasteiger partial charge < -0.3 is 4.74 Å². The van der Waals surface area contributed by atoms with Crippen molar-refractivity contribution >= 4 is 17.5 Å².